The molecule has 1 heterocycles. The average Bonchev–Trinajstić information content (AvgIpc) is 2.66. The molecule has 0 saturated carbocycles. The van der Waals surface area contributed by atoms with Gasteiger partial charge in [-0.25, -0.2) is 4.39 Å². The molecule has 1 aromatic carbocycles. The maximum atomic E-state index is 13.5. The van der Waals surface area contributed by atoms with Gasteiger partial charge in [0.2, 0.25) is 0 Å². The van der Waals surface area contributed by atoms with Gasteiger partial charge in [-0.15, -0.1) is 10.2 Å². The van der Waals surface area contributed by atoms with Crippen molar-refractivity contribution in [2.24, 2.45) is 5.73 Å². The maximum Gasteiger partial charge on any atom is 0.152 e. The Labute approximate surface area is 94.7 Å². The predicted octanol–water partition coefficient (Wildman–Crippen LogP) is 2.46. The molecule has 0 aliphatic carbocycles. The summed E-state index contributed by atoms with van der Waals surface area (Å²) in [5.74, 6) is -0.401. The van der Waals surface area contributed by atoms with Gasteiger partial charge in [-0.05, 0) is 12.1 Å². The van der Waals surface area contributed by atoms with E-state index in [0.29, 0.717) is 21.6 Å². The monoisotopic (exact) mass is 243 g/mol. The third-order valence-electron chi connectivity index (χ3n) is 1.82. The summed E-state index contributed by atoms with van der Waals surface area (Å²) in [6.07, 6.45) is 0. The lowest BCUT2D eigenvalue weighted by atomic mass is 10.2. The molecule has 78 valence electrons. The fraction of sp³-hybridized carbons (Fsp3) is 0.111. The van der Waals surface area contributed by atoms with Crippen LogP contribution in [0.15, 0.2) is 18.2 Å². The Morgan fingerprint density at radius 1 is 1.40 bits per heavy atom. The molecule has 0 saturated heterocycles. The minimum Gasteiger partial charge on any atom is -0.324 e. The first-order valence-corrected chi connectivity index (χ1v) is 5.38. The van der Waals surface area contributed by atoms with Gasteiger partial charge in [-0.1, -0.05) is 29.0 Å². The molecule has 6 heteroatoms. The molecular formula is C9H7ClFN3S. The molecule has 2 aromatic rings. The summed E-state index contributed by atoms with van der Waals surface area (Å²) in [4.78, 5) is 0. The van der Waals surface area contributed by atoms with E-state index in [1.807, 2.05) is 0 Å². The fourth-order valence-corrected chi connectivity index (χ4v) is 2.23. The Hall–Kier alpha value is -1.04. The molecule has 2 N–H and O–H groups in total. The number of hydrogen-bond acceptors (Lipinski definition) is 4. The van der Waals surface area contributed by atoms with Crippen molar-refractivity contribution >= 4 is 22.9 Å². The van der Waals surface area contributed by atoms with Crippen molar-refractivity contribution in [3.8, 4) is 10.6 Å². The van der Waals surface area contributed by atoms with Crippen molar-refractivity contribution < 1.29 is 4.39 Å². The van der Waals surface area contributed by atoms with Gasteiger partial charge in [0.1, 0.15) is 10.8 Å². The van der Waals surface area contributed by atoms with Crippen LogP contribution in [-0.4, -0.2) is 10.2 Å². The van der Waals surface area contributed by atoms with Crippen molar-refractivity contribution in [2.45, 2.75) is 6.54 Å². The number of nitrogens with zero attached hydrogens (tertiary/aromatic N) is 2. The van der Waals surface area contributed by atoms with E-state index in [-0.39, 0.29) is 5.56 Å². The summed E-state index contributed by atoms with van der Waals surface area (Å²) in [5.41, 5.74) is 5.69. The zero-order chi connectivity index (χ0) is 10.8. The van der Waals surface area contributed by atoms with Crippen LogP contribution in [0.1, 0.15) is 5.01 Å². The molecule has 0 spiro atoms. The largest absolute Gasteiger partial charge is 0.324 e. The molecule has 0 unspecified atom stereocenters. The van der Waals surface area contributed by atoms with Crippen LogP contribution in [-0.2, 0) is 6.54 Å². The van der Waals surface area contributed by atoms with Gasteiger partial charge in [0.15, 0.2) is 5.01 Å². The first-order valence-electron chi connectivity index (χ1n) is 4.19. The zero-order valence-electron chi connectivity index (χ0n) is 7.58. The first-order chi connectivity index (χ1) is 7.22. The number of nitrogens with two attached hydrogens (primary N) is 1. The molecule has 2 rings (SSSR count). The molecule has 0 aliphatic heterocycles. The number of rotatable bonds is 2. The van der Waals surface area contributed by atoms with E-state index in [2.05, 4.69) is 10.2 Å². The predicted molar refractivity (Wildman–Crippen MR) is 58.2 cm³/mol. The summed E-state index contributed by atoms with van der Waals surface area (Å²) in [6, 6.07) is 4.50. The highest BCUT2D eigenvalue weighted by molar-refractivity contribution is 7.14. The molecule has 3 nitrogen and oxygen atoms in total. The van der Waals surface area contributed by atoms with E-state index in [0.717, 1.165) is 0 Å². The van der Waals surface area contributed by atoms with Crippen LogP contribution in [0, 0.1) is 5.82 Å². The summed E-state index contributed by atoms with van der Waals surface area (Å²) >= 11 is 7.13. The van der Waals surface area contributed by atoms with Gasteiger partial charge in [0, 0.05) is 6.54 Å². The molecule has 15 heavy (non-hydrogen) atoms. The first kappa shape index (κ1) is 10.5. The second kappa shape index (κ2) is 4.22. The normalized spacial score (nSPS) is 10.6. The SMILES string of the molecule is NCc1nnc(-c2c(F)cccc2Cl)s1. The quantitative estimate of drug-likeness (QED) is 0.882. The molecule has 0 fully saturated rings. The van der Waals surface area contributed by atoms with E-state index in [9.17, 15) is 4.39 Å². The van der Waals surface area contributed by atoms with E-state index in [1.165, 1.54) is 17.4 Å². The highest BCUT2D eigenvalue weighted by Crippen LogP contribution is 2.32. The van der Waals surface area contributed by atoms with Crippen molar-refractivity contribution in [3.63, 3.8) is 0 Å². The van der Waals surface area contributed by atoms with Crippen LogP contribution in [0.25, 0.3) is 10.6 Å². The molecule has 0 radical (unpaired) electrons. The average molecular weight is 244 g/mol. The standard InChI is InChI=1S/C9H7ClFN3S/c10-5-2-1-3-6(11)8(5)9-14-13-7(4-12)15-9/h1-3H,4,12H2. The second-order valence-corrected chi connectivity index (χ2v) is 4.27. The lowest BCUT2D eigenvalue weighted by Crippen LogP contribution is -1.94. The van der Waals surface area contributed by atoms with Gasteiger partial charge >= 0.3 is 0 Å². The van der Waals surface area contributed by atoms with Gasteiger partial charge in [-0.2, -0.15) is 0 Å². The third kappa shape index (κ3) is 1.99. The zero-order valence-corrected chi connectivity index (χ0v) is 9.15. The van der Waals surface area contributed by atoms with Crippen molar-refractivity contribution in [2.75, 3.05) is 0 Å². The molecule has 0 amide bonds. The second-order valence-electron chi connectivity index (χ2n) is 2.80. The van der Waals surface area contributed by atoms with Crippen LogP contribution in [0.5, 0.6) is 0 Å². The van der Waals surface area contributed by atoms with Gasteiger partial charge in [0.25, 0.3) is 0 Å². The van der Waals surface area contributed by atoms with E-state index >= 15 is 0 Å². The highest BCUT2D eigenvalue weighted by atomic mass is 35.5. The topological polar surface area (TPSA) is 51.8 Å². The molecule has 0 bridgehead atoms. The summed E-state index contributed by atoms with van der Waals surface area (Å²) in [7, 11) is 0. The van der Waals surface area contributed by atoms with Crippen molar-refractivity contribution in [3.05, 3.63) is 34.0 Å². The van der Waals surface area contributed by atoms with Crippen molar-refractivity contribution in [1.29, 1.82) is 0 Å². The minimum atomic E-state index is -0.401. The van der Waals surface area contributed by atoms with Crippen molar-refractivity contribution in [1.82, 2.24) is 10.2 Å². The van der Waals surface area contributed by atoms with Crippen LogP contribution in [0.2, 0.25) is 5.02 Å². The highest BCUT2D eigenvalue weighted by Gasteiger charge is 2.13. The number of benzene rings is 1. The summed E-state index contributed by atoms with van der Waals surface area (Å²) in [5, 5.41) is 9.10. The van der Waals surface area contributed by atoms with Crippen LogP contribution >= 0.6 is 22.9 Å². The van der Waals surface area contributed by atoms with Gasteiger partial charge in [0.05, 0.1) is 10.6 Å². The Balaban J connectivity index is 2.53. The Morgan fingerprint density at radius 2 is 2.20 bits per heavy atom. The molecular weight excluding hydrogens is 237 g/mol. The lowest BCUT2D eigenvalue weighted by Gasteiger charge is -1.99. The van der Waals surface area contributed by atoms with Gasteiger partial charge < -0.3 is 5.73 Å². The Morgan fingerprint density at radius 3 is 2.80 bits per heavy atom. The summed E-state index contributed by atoms with van der Waals surface area (Å²) in [6.45, 7) is 0.295. The Kier molecular flexibility index (Phi) is 2.95. The lowest BCUT2D eigenvalue weighted by molar-refractivity contribution is 0.631. The van der Waals surface area contributed by atoms with Crippen LogP contribution in [0.3, 0.4) is 0 Å². The van der Waals surface area contributed by atoms with Crippen LogP contribution < -0.4 is 5.73 Å². The number of halogens is 2. The smallest absolute Gasteiger partial charge is 0.152 e. The van der Waals surface area contributed by atoms with Gasteiger partial charge in [-0.3, -0.25) is 0 Å². The van der Waals surface area contributed by atoms with E-state index < -0.39 is 5.82 Å². The number of hydrogen-bond donors (Lipinski definition) is 1. The maximum absolute atomic E-state index is 13.5. The van der Waals surface area contributed by atoms with Crippen LogP contribution in [0.4, 0.5) is 4.39 Å². The Bertz CT molecular complexity index is 466. The van der Waals surface area contributed by atoms with E-state index in [4.69, 9.17) is 17.3 Å². The fourth-order valence-electron chi connectivity index (χ4n) is 1.14. The molecule has 0 atom stereocenters. The van der Waals surface area contributed by atoms with E-state index in [1.54, 1.807) is 12.1 Å². The summed E-state index contributed by atoms with van der Waals surface area (Å²) < 4.78 is 13.5. The molecule has 1 aromatic heterocycles. The number of aromatic nitrogens is 2. The minimum absolute atomic E-state index is 0.288. The molecule has 0 aliphatic rings. The third-order valence-corrected chi connectivity index (χ3v) is 3.10.